The van der Waals surface area contributed by atoms with E-state index >= 15 is 0 Å². The second-order valence-corrected chi connectivity index (χ2v) is 7.65. The number of carbonyl (C=O) groups excluding carboxylic acids is 1. The van der Waals surface area contributed by atoms with Gasteiger partial charge in [-0.3, -0.25) is 9.78 Å². The maximum Gasteiger partial charge on any atom is 0.244 e. The summed E-state index contributed by atoms with van der Waals surface area (Å²) < 4.78 is 12.9. The van der Waals surface area contributed by atoms with Gasteiger partial charge in [0.15, 0.2) is 11.5 Å². The number of tetrazole rings is 1. The molecule has 4 rings (SSSR count). The summed E-state index contributed by atoms with van der Waals surface area (Å²) in [6.45, 7) is 1.41. The van der Waals surface area contributed by atoms with Crippen molar-refractivity contribution in [3.63, 3.8) is 0 Å². The van der Waals surface area contributed by atoms with Gasteiger partial charge in [0.05, 0.1) is 7.11 Å². The Bertz CT molecular complexity index is 1170. The lowest BCUT2D eigenvalue weighted by molar-refractivity contribution is -0.132. The van der Waals surface area contributed by atoms with Crippen molar-refractivity contribution < 1.29 is 14.3 Å². The first kappa shape index (κ1) is 22.9. The number of pyridine rings is 1. The van der Waals surface area contributed by atoms with Crippen LogP contribution in [-0.4, -0.2) is 49.7 Å². The summed E-state index contributed by atoms with van der Waals surface area (Å²) >= 11 is 0. The zero-order chi connectivity index (χ0) is 23.6. The minimum atomic E-state index is -0.0911. The van der Waals surface area contributed by atoms with Gasteiger partial charge in [0.25, 0.3) is 0 Å². The molecule has 0 atom stereocenters. The van der Waals surface area contributed by atoms with Crippen LogP contribution in [0.15, 0.2) is 79.3 Å². The molecule has 2 heterocycles. The van der Waals surface area contributed by atoms with Crippen LogP contribution in [-0.2, 0) is 30.9 Å². The molecule has 4 aromatic rings. The molecule has 0 spiro atoms. The lowest BCUT2D eigenvalue weighted by Crippen LogP contribution is -2.35. The summed E-state index contributed by atoms with van der Waals surface area (Å²) in [5, 5.41) is 11.0. The number of benzene rings is 2. The van der Waals surface area contributed by atoms with Gasteiger partial charge in [-0.2, -0.15) is 0 Å². The lowest BCUT2D eigenvalue weighted by atomic mass is 10.1. The minimum absolute atomic E-state index is 0.0601. The number of rotatable bonds is 11. The van der Waals surface area contributed by atoms with Gasteiger partial charge < -0.3 is 14.4 Å². The molecular weight excluding hydrogens is 432 g/mol. The Morgan fingerprint density at radius 3 is 2.59 bits per heavy atom. The summed E-state index contributed by atoms with van der Waals surface area (Å²) in [4.78, 5) is 19.2. The number of ether oxygens (including phenoxy) is 2. The van der Waals surface area contributed by atoms with Crippen LogP contribution >= 0.6 is 0 Å². The molecule has 2 aromatic heterocycles. The van der Waals surface area contributed by atoms with Crippen LogP contribution < -0.4 is 9.47 Å². The third-order valence-corrected chi connectivity index (χ3v) is 5.24. The molecule has 0 aliphatic rings. The van der Waals surface area contributed by atoms with E-state index in [0.717, 1.165) is 16.8 Å². The van der Waals surface area contributed by atoms with Crippen LogP contribution in [0.2, 0.25) is 0 Å². The quantitative estimate of drug-likeness (QED) is 0.341. The highest BCUT2D eigenvalue weighted by atomic mass is 16.5. The van der Waals surface area contributed by atoms with E-state index in [1.807, 2.05) is 66.7 Å². The number of hydrogen-bond donors (Lipinski definition) is 0. The van der Waals surface area contributed by atoms with Crippen molar-refractivity contribution in [3.05, 3.63) is 96.1 Å². The molecule has 9 heteroatoms. The minimum Gasteiger partial charge on any atom is -0.493 e. The van der Waals surface area contributed by atoms with Crippen molar-refractivity contribution in [2.75, 3.05) is 13.7 Å². The third kappa shape index (κ3) is 6.38. The molecule has 2 aromatic carbocycles. The Morgan fingerprint density at radius 1 is 1.00 bits per heavy atom. The third-order valence-electron chi connectivity index (χ3n) is 5.24. The highest BCUT2D eigenvalue weighted by molar-refractivity contribution is 5.76. The Kier molecular flexibility index (Phi) is 7.78. The van der Waals surface area contributed by atoms with E-state index < -0.39 is 0 Å². The standard InChI is InChI=1S/C25H26N6O3/c1-33-24-15-21(10-11-23(24)34-18-20-7-3-2-4-8-20)16-30(14-12-22-9-5-6-13-26-22)25(32)17-31-19-27-28-29-31/h2-11,13,15,19H,12,14,16-18H2,1H3. The van der Waals surface area contributed by atoms with E-state index in [4.69, 9.17) is 9.47 Å². The fourth-order valence-electron chi connectivity index (χ4n) is 3.46. The monoisotopic (exact) mass is 458 g/mol. The van der Waals surface area contributed by atoms with E-state index in [2.05, 4.69) is 20.5 Å². The first-order valence-corrected chi connectivity index (χ1v) is 10.9. The van der Waals surface area contributed by atoms with Gasteiger partial charge in [-0.15, -0.1) is 5.10 Å². The van der Waals surface area contributed by atoms with Gasteiger partial charge in [0, 0.05) is 31.4 Å². The molecule has 0 saturated heterocycles. The average molecular weight is 459 g/mol. The molecule has 9 nitrogen and oxygen atoms in total. The predicted octanol–water partition coefficient (Wildman–Crippen LogP) is 2.93. The van der Waals surface area contributed by atoms with Crippen molar-refractivity contribution in [2.45, 2.75) is 26.1 Å². The number of nitrogens with zero attached hydrogens (tertiary/aromatic N) is 6. The van der Waals surface area contributed by atoms with Crippen molar-refractivity contribution in [2.24, 2.45) is 0 Å². The molecule has 0 aliphatic carbocycles. The average Bonchev–Trinajstić information content (AvgIpc) is 3.39. The van der Waals surface area contributed by atoms with Gasteiger partial charge in [-0.05, 0) is 45.8 Å². The molecule has 1 amide bonds. The lowest BCUT2D eigenvalue weighted by Gasteiger charge is -2.23. The Hall–Kier alpha value is -4.27. The van der Waals surface area contributed by atoms with Crippen molar-refractivity contribution in [3.8, 4) is 11.5 Å². The maximum absolute atomic E-state index is 13.1. The van der Waals surface area contributed by atoms with Crippen molar-refractivity contribution in [1.82, 2.24) is 30.1 Å². The zero-order valence-electron chi connectivity index (χ0n) is 18.9. The van der Waals surface area contributed by atoms with E-state index in [-0.39, 0.29) is 12.5 Å². The predicted molar refractivity (Wildman–Crippen MR) is 125 cm³/mol. The summed E-state index contributed by atoms with van der Waals surface area (Å²) in [5.74, 6) is 1.17. The number of aromatic nitrogens is 5. The number of hydrogen-bond acceptors (Lipinski definition) is 7. The second kappa shape index (κ2) is 11.6. The van der Waals surface area contributed by atoms with Gasteiger partial charge in [-0.1, -0.05) is 42.5 Å². The highest BCUT2D eigenvalue weighted by Crippen LogP contribution is 2.29. The molecule has 0 saturated carbocycles. The molecular formula is C25H26N6O3. The summed E-state index contributed by atoms with van der Waals surface area (Å²) in [6.07, 6.45) is 3.82. The van der Waals surface area contributed by atoms with Crippen LogP contribution in [0.1, 0.15) is 16.8 Å². The van der Waals surface area contributed by atoms with E-state index in [1.165, 1.54) is 11.0 Å². The molecule has 0 unspecified atom stereocenters. The summed E-state index contributed by atoms with van der Waals surface area (Å²) in [6, 6.07) is 21.4. The largest absolute Gasteiger partial charge is 0.493 e. The normalized spacial score (nSPS) is 10.6. The molecule has 0 bridgehead atoms. The molecule has 0 aliphatic heterocycles. The van der Waals surface area contributed by atoms with E-state index in [0.29, 0.717) is 37.6 Å². The van der Waals surface area contributed by atoms with Crippen LogP contribution in [0.4, 0.5) is 0 Å². The number of amides is 1. The number of carbonyl (C=O) groups is 1. The second-order valence-electron chi connectivity index (χ2n) is 7.65. The Balaban J connectivity index is 1.46. The fourth-order valence-corrected chi connectivity index (χ4v) is 3.46. The topological polar surface area (TPSA) is 95.3 Å². The van der Waals surface area contributed by atoms with Crippen molar-refractivity contribution >= 4 is 5.91 Å². The number of methoxy groups -OCH3 is 1. The van der Waals surface area contributed by atoms with Crippen LogP contribution in [0, 0.1) is 0 Å². The molecule has 0 N–H and O–H groups in total. The summed E-state index contributed by atoms with van der Waals surface area (Å²) in [7, 11) is 1.61. The van der Waals surface area contributed by atoms with Gasteiger partial charge in [0.2, 0.25) is 5.91 Å². The smallest absolute Gasteiger partial charge is 0.244 e. The first-order valence-electron chi connectivity index (χ1n) is 10.9. The van der Waals surface area contributed by atoms with Gasteiger partial charge >= 0.3 is 0 Å². The Labute approximate surface area is 198 Å². The molecule has 174 valence electrons. The van der Waals surface area contributed by atoms with Gasteiger partial charge in [-0.25, -0.2) is 4.68 Å². The zero-order valence-corrected chi connectivity index (χ0v) is 18.9. The van der Waals surface area contributed by atoms with E-state index in [1.54, 1.807) is 18.2 Å². The van der Waals surface area contributed by atoms with Crippen LogP contribution in [0.25, 0.3) is 0 Å². The maximum atomic E-state index is 13.1. The van der Waals surface area contributed by atoms with Gasteiger partial charge in [0.1, 0.15) is 19.5 Å². The molecule has 0 fully saturated rings. The Morgan fingerprint density at radius 2 is 1.85 bits per heavy atom. The fraction of sp³-hybridized carbons (Fsp3) is 0.240. The van der Waals surface area contributed by atoms with Crippen LogP contribution in [0.5, 0.6) is 11.5 Å². The SMILES string of the molecule is COc1cc(CN(CCc2ccccn2)C(=O)Cn2cnnn2)ccc1OCc1ccccc1. The molecule has 34 heavy (non-hydrogen) atoms. The highest BCUT2D eigenvalue weighted by Gasteiger charge is 2.17. The molecule has 0 radical (unpaired) electrons. The van der Waals surface area contributed by atoms with Crippen LogP contribution in [0.3, 0.4) is 0 Å². The van der Waals surface area contributed by atoms with E-state index in [9.17, 15) is 4.79 Å². The summed E-state index contributed by atoms with van der Waals surface area (Å²) in [5.41, 5.74) is 2.92. The van der Waals surface area contributed by atoms with Crippen molar-refractivity contribution in [1.29, 1.82) is 0 Å². The first-order chi connectivity index (χ1) is 16.7.